The third-order valence-corrected chi connectivity index (χ3v) is 8.17. The summed E-state index contributed by atoms with van der Waals surface area (Å²) in [5.74, 6) is -4.13. The summed E-state index contributed by atoms with van der Waals surface area (Å²) in [4.78, 5) is 35.7. The Kier molecular flexibility index (Phi) is 10.4. The van der Waals surface area contributed by atoms with Crippen LogP contribution >= 0.6 is 46.4 Å². The Bertz CT molecular complexity index is 1610. The number of phenolic OH excluding ortho intramolecular Hbond substituents is 1. The van der Waals surface area contributed by atoms with Crippen molar-refractivity contribution in [1.29, 1.82) is 0 Å². The molecule has 3 aromatic rings. The Balaban J connectivity index is 1.62. The Labute approximate surface area is 271 Å². The molecule has 230 valence electrons. The summed E-state index contributed by atoms with van der Waals surface area (Å²) in [6.45, 7) is 1.64. The van der Waals surface area contributed by atoms with E-state index in [2.05, 4.69) is 0 Å². The summed E-state index contributed by atoms with van der Waals surface area (Å²) in [7, 11) is 0. The number of carboxylic acid groups (broad SMARTS) is 1. The topological polar surface area (TPSA) is 140 Å². The van der Waals surface area contributed by atoms with Crippen molar-refractivity contribution in [1.82, 2.24) is 0 Å². The fraction of sp³-hybridized carbons (Fsp3) is 0.194. The van der Waals surface area contributed by atoms with Crippen LogP contribution in [0.25, 0.3) is 0 Å². The smallest absolute Gasteiger partial charge is 0.338 e. The lowest BCUT2D eigenvalue weighted by molar-refractivity contribution is -0.134. The first kappa shape index (κ1) is 33.0. The summed E-state index contributed by atoms with van der Waals surface area (Å²) in [5.41, 5.74) is 0.404. The van der Waals surface area contributed by atoms with E-state index in [0.717, 1.165) is 23.8 Å². The second-order valence-electron chi connectivity index (χ2n) is 9.54. The van der Waals surface area contributed by atoms with Gasteiger partial charge in [0.15, 0.2) is 16.7 Å². The number of aliphatic hydroxyl groups is 1. The number of hydrogen-bond acceptors (Lipinski definition) is 8. The molecule has 0 aromatic heterocycles. The maximum absolute atomic E-state index is 13.1. The molecule has 3 atom stereocenters. The number of esters is 2. The van der Waals surface area contributed by atoms with Crippen LogP contribution in [0.15, 0.2) is 89.2 Å². The molecular weight excluding hydrogens is 658 g/mol. The lowest BCUT2D eigenvalue weighted by Gasteiger charge is -2.42. The van der Waals surface area contributed by atoms with E-state index in [1.54, 1.807) is 6.92 Å². The minimum atomic E-state index is -2.23. The molecule has 0 saturated carbocycles. The molecule has 0 spiro atoms. The molecule has 3 aromatic carbocycles. The van der Waals surface area contributed by atoms with Crippen LogP contribution in [0.3, 0.4) is 0 Å². The van der Waals surface area contributed by atoms with Crippen molar-refractivity contribution in [3.05, 3.63) is 116 Å². The molecule has 9 nitrogen and oxygen atoms in total. The van der Waals surface area contributed by atoms with Gasteiger partial charge in [0.2, 0.25) is 0 Å². The van der Waals surface area contributed by atoms with Gasteiger partial charge >= 0.3 is 17.9 Å². The van der Waals surface area contributed by atoms with E-state index >= 15 is 0 Å². The number of alkyl halides is 1. The normalized spacial score (nSPS) is 18.7. The second kappa shape index (κ2) is 13.8. The van der Waals surface area contributed by atoms with Crippen molar-refractivity contribution in [2.45, 2.75) is 37.0 Å². The standard InChI is InChI=1S/C31H24Cl4O9/c1-2-24(44-30(41)18-12-21(32)25(36)22(33)13-18)31(35)26(37)23(34)14-20(28(38)39)27(31)43-19-10-8-17(9-11-19)29(40)42-15-16-6-4-3-5-7-16/h3-14,24,27,36-37H,2,15H2,1H3,(H,38,39). The number of halogens is 4. The number of aliphatic carboxylic acids is 1. The molecule has 0 bridgehead atoms. The number of allylic oxidation sites excluding steroid dienone is 2. The fourth-order valence-electron chi connectivity index (χ4n) is 4.42. The van der Waals surface area contributed by atoms with Gasteiger partial charge < -0.3 is 29.5 Å². The van der Waals surface area contributed by atoms with E-state index in [-0.39, 0.29) is 39.9 Å². The third kappa shape index (κ3) is 6.92. The van der Waals surface area contributed by atoms with Crippen molar-refractivity contribution in [2.75, 3.05) is 0 Å². The van der Waals surface area contributed by atoms with Crippen molar-refractivity contribution in [2.24, 2.45) is 0 Å². The van der Waals surface area contributed by atoms with Crippen LogP contribution in [0.1, 0.15) is 39.6 Å². The number of rotatable bonds is 10. The third-order valence-electron chi connectivity index (χ3n) is 6.68. The zero-order valence-corrected chi connectivity index (χ0v) is 25.8. The number of aromatic hydroxyl groups is 1. The van der Waals surface area contributed by atoms with Crippen LogP contribution in [-0.2, 0) is 20.9 Å². The quantitative estimate of drug-likeness (QED) is 0.147. The van der Waals surface area contributed by atoms with E-state index in [0.29, 0.717) is 0 Å². The molecule has 0 heterocycles. The van der Waals surface area contributed by atoms with Gasteiger partial charge in [0, 0.05) is 0 Å². The highest BCUT2D eigenvalue weighted by molar-refractivity contribution is 6.37. The number of ether oxygens (including phenoxy) is 3. The lowest BCUT2D eigenvalue weighted by atomic mass is 9.82. The molecule has 0 fully saturated rings. The maximum Gasteiger partial charge on any atom is 0.338 e. The number of carbonyl (C=O) groups is 3. The molecular formula is C31H24Cl4O9. The van der Waals surface area contributed by atoms with Gasteiger partial charge in [-0.2, -0.15) is 0 Å². The van der Waals surface area contributed by atoms with Crippen LogP contribution in [0, 0.1) is 0 Å². The summed E-state index contributed by atoms with van der Waals surface area (Å²) in [6, 6.07) is 16.9. The average Bonchev–Trinajstić information content (AvgIpc) is 3.01. The number of carboxylic acids is 1. The Morgan fingerprint density at radius 3 is 2.09 bits per heavy atom. The summed E-state index contributed by atoms with van der Waals surface area (Å²) in [6.07, 6.45) is -2.13. The van der Waals surface area contributed by atoms with E-state index in [1.165, 1.54) is 24.3 Å². The van der Waals surface area contributed by atoms with Gasteiger partial charge in [-0.05, 0) is 54.5 Å². The van der Waals surface area contributed by atoms with Gasteiger partial charge in [0.1, 0.15) is 24.2 Å². The predicted molar refractivity (Wildman–Crippen MR) is 164 cm³/mol. The van der Waals surface area contributed by atoms with Gasteiger partial charge in [-0.3, -0.25) is 0 Å². The van der Waals surface area contributed by atoms with E-state index in [9.17, 15) is 29.7 Å². The fourth-order valence-corrected chi connectivity index (χ4v) is 5.69. The number of hydrogen-bond donors (Lipinski definition) is 3. The van der Waals surface area contributed by atoms with Crippen molar-refractivity contribution < 1.29 is 43.9 Å². The first-order valence-electron chi connectivity index (χ1n) is 13.0. The van der Waals surface area contributed by atoms with Crippen LogP contribution < -0.4 is 4.74 Å². The molecule has 4 rings (SSSR count). The highest BCUT2D eigenvalue weighted by Gasteiger charge is 2.56. The molecule has 0 aliphatic heterocycles. The monoisotopic (exact) mass is 680 g/mol. The minimum absolute atomic E-state index is 0.0397. The zero-order valence-electron chi connectivity index (χ0n) is 22.8. The lowest BCUT2D eigenvalue weighted by Crippen LogP contribution is -2.56. The Morgan fingerprint density at radius 1 is 0.909 bits per heavy atom. The molecule has 3 N–H and O–H groups in total. The van der Waals surface area contributed by atoms with Crippen LogP contribution in [0.2, 0.25) is 10.0 Å². The number of carbonyl (C=O) groups excluding carboxylic acids is 2. The van der Waals surface area contributed by atoms with Gasteiger partial charge in [-0.1, -0.05) is 72.1 Å². The first-order chi connectivity index (χ1) is 20.9. The summed E-state index contributed by atoms with van der Waals surface area (Å²) >= 11 is 25.1. The van der Waals surface area contributed by atoms with Crippen LogP contribution in [-0.4, -0.2) is 50.3 Å². The SMILES string of the molecule is CCC(OC(=O)c1cc(Cl)c(O)c(Cl)c1)C1(Cl)C(O)=C(Cl)C=C(C(=O)O)C1Oc1ccc(C(=O)OCc2ccccc2)cc1. The maximum atomic E-state index is 13.1. The molecule has 1 aliphatic rings. The first-order valence-corrected chi connectivity index (χ1v) is 14.5. The Hall–Kier alpha value is -3.89. The van der Waals surface area contributed by atoms with Gasteiger partial charge in [-0.25, -0.2) is 14.4 Å². The molecule has 0 radical (unpaired) electrons. The number of aliphatic hydroxyl groups excluding tert-OH is 1. The van der Waals surface area contributed by atoms with E-state index < -0.39 is 57.1 Å². The minimum Gasteiger partial charge on any atom is -0.509 e. The van der Waals surface area contributed by atoms with Gasteiger partial charge in [0.25, 0.3) is 0 Å². The average molecular weight is 682 g/mol. The van der Waals surface area contributed by atoms with Gasteiger partial charge in [-0.15, -0.1) is 11.6 Å². The Morgan fingerprint density at radius 2 is 1.52 bits per heavy atom. The van der Waals surface area contributed by atoms with Crippen molar-refractivity contribution >= 4 is 64.3 Å². The summed E-state index contributed by atoms with van der Waals surface area (Å²) < 4.78 is 17.0. The predicted octanol–water partition coefficient (Wildman–Crippen LogP) is 7.45. The highest BCUT2D eigenvalue weighted by Crippen LogP contribution is 2.46. The molecule has 3 unspecified atom stereocenters. The van der Waals surface area contributed by atoms with Crippen molar-refractivity contribution in [3.63, 3.8) is 0 Å². The van der Waals surface area contributed by atoms with Crippen LogP contribution in [0.5, 0.6) is 11.5 Å². The molecule has 1 aliphatic carbocycles. The van der Waals surface area contributed by atoms with E-state index in [1.807, 2.05) is 30.3 Å². The molecule has 0 amide bonds. The van der Waals surface area contributed by atoms with Gasteiger partial charge in [0.05, 0.1) is 31.8 Å². The van der Waals surface area contributed by atoms with Crippen molar-refractivity contribution in [3.8, 4) is 11.5 Å². The molecule has 44 heavy (non-hydrogen) atoms. The molecule has 13 heteroatoms. The second-order valence-corrected chi connectivity index (χ2v) is 11.4. The van der Waals surface area contributed by atoms with Crippen LogP contribution in [0.4, 0.5) is 0 Å². The largest absolute Gasteiger partial charge is 0.509 e. The number of benzene rings is 3. The zero-order chi connectivity index (χ0) is 32.2. The highest BCUT2D eigenvalue weighted by atomic mass is 35.5. The summed E-state index contributed by atoms with van der Waals surface area (Å²) in [5, 5.41) is 30.1. The number of phenols is 1. The van der Waals surface area contributed by atoms with E-state index in [4.69, 9.17) is 60.6 Å². The molecule has 0 saturated heterocycles.